The molecule has 0 radical (unpaired) electrons. The second-order valence-corrected chi connectivity index (χ2v) is 8.57. The van der Waals surface area contributed by atoms with Crippen LogP contribution in [0.3, 0.4) is 0 Å². The first-order valence-corrected chi connectivity index (χ1v) is 10.8. The fourth-order valence-electron chi connectivity index (χ4n) is 3.73. The highest BCUT2D eigenvalue weighted by Crippen LogP contribution is 2.28. The Hall–Kier alpha value is -3.19. The monoisotopic (exact) mass is 478 g/mol. The largest absolute Gasteiger partial charge is 0.378 e. The van der Waals surface area contributed by atoms with Gasteiger partial charge < -0.3 is 15.1 Å². The van der Waals surface area contributed by atoms with E-state index in [2.05, 4.69) is 26.2 Å². The first kappa shape index (κ1) is 21.1. The number of aromatic nitrogens is 1. The van der Waals surface area contributed by atoms with Gasteiger partial charge in [-0.2, -0.15) is 0 Å². The summed E-state index contributed by atoms with van der Waals surface area (Å²) in [7, 11) is 3.98. The predicted molar refractivity (Wildman–Crippen MR) is 125 cm³/mol. The van der Waals surface area contributed by atoms with Crippen molar-refractivity contribution in [2.24, 2.45) is 0 Å². The van der Waals surface area contributed by atoms with Gasteiger partial charge in [-0.1, -0.05) is 40.2 Å². The van der Waals surface area contributed by atoms with E-state index < -0.39 is 6.04 Å². The molecule has 1 aliphatic heterocycles. The van der Waals surface area contributed by atoms with Crippen LogP contribution < -0.4 is 10.2 Å². The molecule has 1 fully saturated rings. The van der Waals surface area contributed by atoms with Crippen molar-refractivity contribution in [1.29, 1.82) is 0 Å². The van der Waals surface area contributed by atoms with Gasteiger partial charge in [0.1, 0.15) is 6.04 Å². The zero-order valence-corrected chi connectivity index (χ0v) is 19.0. The minimum absolute atomic E-state index is 0.180. The van der Waals surface area contributed by atoms with Crippen LogP contribution in [0.5, 0.6) is 0 Å². The molecule has 1 aliphatic rings. The lowest BCUT2D eigenvalue weighted by Gasteiger charge is -2.35. The number of hydrogen-bond donors (Lipinski definition) is 1. The van der Waals surface area contributed by atoms with Gasteiger partial charge in [0.15, 0.2) is 0 Å². The summed E-state index contributed by atoms with van der Waals surface area (Å²) in [6.45, 7) is 0.859. The molecule has 0 saturated carbocycles. The summed E-state index contributed by atoms with van der Waals surface area (Å²) in [5.74, 6) is -0.389. The van der Waals surface area contributed by atoms with E-state index in [9.17, 15) is 9.59 Å². The van der Waals surface area contributed by atoms with Gasteiger partial charge in [0.05, 0.1) is 5.56 Å². The predicted octanol–water partition coefficient (Wildman–Crippen LogP) is 3.89. The van der Waals surface area contributed by atoms with Crippen LogP contribution in [0.15, 0.2) is 71.5 Å². The second kappa shape index (κ2) is 8.89. The van der Waals surface area contributed by atoms with Crippen molar-refractivity contribution in [2.75, 3.05) is 32.1 Å². The van der Waals surface area contributed by atoms with Crippen LogP contribution in [-0.4, -0.2) is 48.9 Å². The molecule has 1 unspecified atom stereocenters. The molecule has 1 atom stereocenters. The van der Waals surface area contributed by atoms with Gasteiger partial charge in [0.2, 0.25) is 5.91 Å². The average molecular weight is 479 g/mol. The molecule has 2 aromatic carbocycles. The molecule has 0 bridgehead atoms. The molecule has 7 heteroatoms. The van der Waals surface area contributed by atoms with Gasteiger partial charge >= 0.3 is 0 Å². The maximum absolute atomic E-state index is 13.4. The summed E-state index contributed by atoms with van der Waals surface area (Å²) >= 11 is 3.45. The van der Waals surface area contributed by atoms with Crippen LogP contribution in [0.1, 0.15) is 22.0 Å². The molecule has 1 aromatic heterocycles. The summed E-state index contributed by atoms with van der Waals surface area (Å²) in [6.07, 6.45) is 3.31. The Labute approximate surface area is 190 Å². The summed E-state index contributed by atoms with van der Waals surface area (Å²) in [5, 5.41) is 2.87. The normalized spacial score (nSPS) is 16.0. The van der Waals surface area contributed by atoms with Crippen LogP contribution in [0, 0.1) is 0 Å². The van der Waals surface area contributed by atoms with E-state index in [1.54, 1.807) is 17.3 Å². The number of benzene rings is 2. The van der Waals surface area contributed by atoms with Crippen molar-refractivity contribution < 1.29 is 9.59 Å². The van der Waals surface area contributed by atoms with Gasteiger partial charge in [-0.25, -0.2) is 0 Å². The molecule has 0 spiro atoms. The Balaban J connectivity index is 1.65. The second-order valence-electron chi connectivity index (χ2n) is 7.65. The fraction of sp³-hybridized carbons (Fsp3) is 0.208. The van der Waals surface area contributed by atoms with E-state index in [-0.39, 0.29) is 11.8 Å². The first-order valence-electron chi connectivity index (χ1n) is 10.0. The smallest absolute Gasteiger partial charge is 0.256 e. The Morgan fingerprint density at radius 2 is 1.87 bits per heavy atom. The number of piperazine rings is 1. The van der Waals surface area contributed by atoms with Crippen LogP contribution in [0.25, 0.3) is 11.1 Å². The number of nitrogens with zero attached hydrogens (tertiary/aromatic N) is 3. The van der Waals surface area contributed by atoms with Gasteiger partial charge in [-0.3, -0.25) is 14.6 Å². The molecule has 2 amide bonds. The van der Waals surface area contributed by atoms with Gasteiger partial charge in [-0.05, 0) is 41.5 Å². The number of anilines is 1. The highest BCUT2D eigenvalue weighted by atomic mass is 79.9. The lowest BCUT2D eigenvalue weighted by molar-refractivity contribution is -0.128. The van der Waals surface area contributed by atoms with E-state index in [0.29, 0.717) is 18.7 Å². The lowest BCUT2D eigenvalue weighted by atomic mass is 10.0. The molecule has 4 rings (SSSR count). The third-order valence-electron chi connectivity index (χ3n) is 5.34. The van der Waals surface area contributed by atoms with E-state index in [4.69, 9.17) is 0 Å². The van der Waals surface area contributed by atoms with Crippen molar-refractivity contribution in [3.05, 3.63) is 82.6 Å². The highest BCUT2D eigenvalue weighted by molar-refractivity contribution is 9.10. The van der Waals surface area contributed by atoms with Crippen molar-refractivity contribution in [2.45, 2.75) is 6.04 Å². The summed E-state index contributed by atoms with van der Waals surface area (Å²) < 4.78 is 0.862. The Kier molecular flexibility index (Phi) is 6.04. The fourth-order valence-corrected chi connectivity index (χ4v) is 4.14. The van der Waals surface area contributed by atoms with E-state index in [0.717, 1.165) is 26.9 Å². The molecular formula is C24H23BrN4O2. The summed E-state index contributed by atoms with van der Waals surface area (Å²) in [4.78, 5) is 34.1. The van der Waals surface area contributed by atoms with Crippen LogP contribution >= 0.6 is 15.9 Å². The number of halogens is 1. The van der Waals surface area contributed by atoms with E-state index >= 15 is 0 Å². The summed E-state index contributed by atoms with van der Waals surface area (Å²) in [6, 6.07) is 16.7. The quantitative estimate of drug-likeness (QED) is 0.617. The zero-order valence-electron chi connectivity index (χ0n) is 17.4. The number of nitrogens with one attached hydrogen (secondary N) is 1. The molecule has 158 valence electrons. The minimum Gasteiger partial charge on any atom is -0.378 e. The Bertz CT molecular complexity index is 1110. The molecular weight excluding hydrogens is 456 g/mol. The molecule has 0 aliphatic carbocycles. The number of carbonyl (C=O) groups excluding carboxylic acids is 2. The molecule has 1 saturated heterocycles. The SMILES string of the molecule is CN(C)c1ccc(-c2cncc(C(=O)N3CCNC(=O)C3c3cccc(Br)c3)c2)cc1. The van der Waals surface area contributed by atoms with Crippen molar-refractivity contribution in [1.82, 2.24) is 15.2 Å². The van der Waals surface area contributed by atoms with Crippen LogP contribution in [-0.2, 0) is 4.79 Å². The average Bonchev–Trinajstić information content (AvgIpc) is 2.78. The van der Waals surface area contributed by atoms with E-state index in [1.165, 1.54) is 0 Å². The Morgan fingerprint density at radius 3 is 2.58 bits per heavy atom. The van der Waals surface area contributed by atoms with Gasteiger partial charge in [0.25, 0.3) is 5.91 Å². The standard InChI is InChI=1S/C24H23BrN4O2/c1-28(2)21-8-6-16(7-9-21)18-12-19(15-26-14-18)24(31)29-11-10-27-23(30)22(29)17-4-3-5-20(25)13-17/h3-9,12-15,22H,10-11H2,1-2H3,(H,27,30). The number of amides is 2. The molecule has 1 N–H and O–H groups in total. The van der Waals surface area contributed by atoms with E-state index in [1.807, 2.05) is 73.6 Å². The topological polar surface area (TPSA) is 65.5 Å². The molecule has 6 nitrogen and oxygen atoms in total. The van der Waals surface area contributed by atoms with Crippen molar-refractivity contribution in [3.8, 4) is 11.1 Å². The summed E-state index contributed by atoms with van der Waals surface area (Å²) in [5.41, 5.74) is 4.16. The number of rotatable bonds is 4. The number of pyridine rings is 1. The van der Waals surface area contributed by atoms with Gasteiger partial charge in [-0.15, -0.1) is 0 Å². The molecule has 2 heterocycles. The molecule has 3 aromatic rings. The van der Waals surface area contributed by atoms with Crippen molar-refractivity contribution in [3.63, 3.8) is 0 Å². The molecule has 31 heavy (non-hydrogen) atoms. The van der Waals surface area contributed by atoms with Crippen molar-refractivity contribution >= 4 is 33.4 Å². The lowest BCUT2D eigenvalue weighted by Crippen LogP contribution is -2.52. The zero-order chi connectivity index (χ0) is 22.0. The number of carbonyl (C=O) groups is 2. The van der Waals surface area contributed by atoms with Crippen LogP contribution in [0.4, 0.5) is 5.69 Å². The van der Waals surface area contributed by atoms with Crippen LogP contribution in [0.2, 0.25) is 0 Å². The number of hydrogen-bond acceptors (Lipinski definition) is 4. The minimum atomic E-state index is -0.679. The third kappa shape index (κ3) is 4.46. The van der Waals surface area contributed by atoms with Gasteiger partial charge in [0, 0.05) is 55.3 Å². The maximum atomic E-state index is 13.4. The highest BCUT2D eigenvalue weighted by Gasteiger charge is 2.35. The first-order chi connectivity index (χ1) is 14.9. The third-order valence-corrected chi connectivity index (χ3v) is 5.83. The maximum Gasteiger partial charge on any atom is 0.256 e. The Morgan fingerprint density at radius 1 is 1.10 bits per heavy atom.